The van der Waals surface area contributed by atoms with E-state index in [9.17, 15) is 13.2 Å². The number of piperidine rings is 1. The SMILES string of the molecule is Cc1csc(S(=O)(=O)N[C@@H]2CCC(=O)N[C@H]2[C@@H]2CCCO2)c1. The topological polar surface area (TPSA) is 84.5 Å². The standard InChI is InChI=1S/C14H20N2O4S2/c1-9-7-13(21-8-9)22(18,19)16-10-4-5-12(17)15-14(10)11-3-2-6-20-11/h7-8,10-11,14,16H,2-6H2,1H3,(H,15,17)/t10-,11+,14-/m1/s1. The van der Waals surface area contributed by atoms with Gasteiger partial charge < -0.3 is 10.1 Å². The van der Waals surface area contributed by atoms with E-state index < -0.39 is 10.0 Å². The van der Waals surface area contributed by atoms with Gasteiger partial charge in [-0.15, -0.1) is 11.3 Å². The fraction of sp³-hybridized carbons (Fsp3) is 0.643. The summed E-state index contributed by atoms with van der Waals surface area (Å²) in [7, 11) is -3.56. The third-order valence-electron chi connectivity index (χ3n) is 4.09. The maximum Gasteiger partial charge on any atom is 0.250 e. The van der Waals surface area contributed by atoms with Gasteiger partial charge in [-0.1, -0.05) is 0 Å². The number of ether oxygens (including phenoxy) is 1. The Labute approximate surface area is 134 Å². The first kappa shape index (κ1) is 15.9. The molecule has 1 aromatic heterocycles. The Balaban J connectivity index is 1.77. The summed E-state index contributed by atoms with van der Waals surface area (Å²) in [6, 6.07) is 1.04. The summed E-state index contributed by atoms with van der Waals surface area (Å²) in [5.74, 6) is -0.0390. The molecule has 0 radical (unpaired) electrons. The highest BCUT2D eigenvalue weighted by atomic mass is 32.2. The van der Waals surface area contributed by atoms with E-state index in [2.05, 4.69) is 10.0 Å². The summed E-state index contributed by atoms with van der Waals surface area (Å²) < 4.78 is 33.7. The van der Waals surface area contributed by atoms with Crippen LogP contribution < -0.4 is 10.0 Å². The first-order valence-corrected chi connectivity index (χ1v) is 9.80. The summed E-state index contributed by atoms with van der Waals surface area (Å²) in [5.41, 5.74) is 0.929. The van der Waals surface area contributed by atoms with Gasteiger partial charge in [-0.05, 0) is 43.2 Å². The lowest BCUT2D eigenvalue weighted by Gasteiger charge is -2.35. The summed E-state index contributed by atoms with van der Waals surface area (Å²) in [5, 5.41) is 4.71. The van der Waals surface area contributed by atoms with Crippen LogP contribution in [-0.4, -0.2) is 39.1 Å². The van der Waals surface area contributed by atoms with Crippen LogP contribution in [0, 0.1) is 6.92 Å². The molecule has 0 spiro atoms. The average Bonchev–Trinajstić information content (AvgIpc) is 3.12. The van der Waals surface area contributed by atoms with Crippen molar-refractivity contribution in [1.82, 2.24) is 10.0 Å². The molecule has 0 aliphatic carbocycles. The second-order valence-corrected chi connectivity index (χ2v) is 8.71. The number of amides is 1. The van der Waals surface area contributed by atoms with E-state index in [0.29, 0.717) is 23.7 Å². The Bertz CT molecular complexity index is 650. The molecule has 0 bridgehead atoms. The molecular formula is C14H20N2O4S2. The van der Waals surface area contributed by atoms with Crippen LogP contribution in [0.4, 0.5) is 0 Å². The number of sulfonamides is 1. The number of rotatable bonds is 4. The number of carbonyl (C=O) groups excluding carboxylic acids is 1. The zero-order valence-electron chi connectivity index (χ0n) is 12.4. The van der Waals surface area contributed by atoms with Gasteiger partial charge in [0.05, 0.1) is 12.1 Å². The van der Waals surface area contributed by atoms with Crippen molar-refractivity contribution >= 4 is 27.3 Å². The molecule has 3 rings (SSSR count). The lowest BCUT2D eigenvalue weighted by molar-refractivity contribution is -0.125. The second kappa shape index (κ2) is 6.27. The van der Waals surface area contributed by atoms with Crippen LogP contribution >= 0.6 is 11.3 Å². The monoisotopic (exact) mass is 344 g/mol. The van der Waals surface area contributed by atoms with Gasteiger partial charge in [0.15, 0.2) is 0 Å². The molecule has 3 heterocycles. The Morgan fingerprint density at radius 2 is 2.23 bits per heavy atom. The normalized spacial score (nSPS) is 29.5. The first-order valence-electron chi connectivity index (χ1n) is 7.44. The van der Waals surface area contributed by atoms with E-state index in [4.69, 9.17) is 4.74 Å². The lowest BCUT2D eigenvalue weighted by Crippen LogP contribution is -2.59. The Morgan fingerprint density at radius 1 is 1.41 bits per heavy atom. The molecule has 0 unspecified atom stereocenters. The van der Waals surface area contributed by atoms with Crippen molar-refractivity contribution in [2.45, 2.75) is 55.0 Å². The molecule has 2 saturated heterocycles. The van der Waals surface area contributed by atoms with Crippen molar-refractivity contribution in [2.75, 3.05) is 6.61 Å². The van der Waals surface area contributed by atoms with Crippen LogP contribution in [0.15, 0.2) is 15.7 Å². The Hall–Kier alpha value is -0.960. The predicted molar refractivity (Wildman–Crippen MR) is 83.3 cm³/mol. The highest BCUT2D eigenvalue weighted by Crippen LogP contribution is 2.25. The summed E-state index contributed by atoms with van der Waals surface area (Å²) >= 11 is 1.21. The van der Waals surface area contributed by atoms with Crippen LogP contribution in [0.5, 0.6) is 0 Å². The number of carbonyl (C=O) groups is 1. The molecule has 1 amide bonds. The van der Waals surface area contributed by atoms with Gasteiger partial charge in [-0.3, -0.25) is 4.79 Å². The van der Waals surface area contributed by atoms with Crippen molar-refractivity contribution in [1.29, 1.82) is 0 Å². The number of nitrogens with one attached hydrogen (secondary N) is 2. The molecule has 0 saturated carbocycles. The summed E-state index contributed by atoms with van der Waals surface area (Å²) in [4.78, 5) is 11.7. The molecule has 2 aliphatic rings. The molecule has 2 aliphatic heterocycles. The van der Waals surface area contributed by atoms with Gasteiger partial charge in [-0.2, -0.15) is 0 Å². The van der Waals surface area contributed by atoms with Crippen LogP contribution in [0.3, 0.4) is 0 Å². The fourth-order valence-electron chi connectivity index (χ4n) is 3.00. The van der Waals surface area contributed by atoms with Crippen LogP contribution in [-0.2, 0) is 19.6 Å². The van der Waals surface area contributed by atoms with E-state index in [0.717, 1.165) is 18.4 Å². The van der Waals surface area contributed by atoms with Gasteiger partial charge in [0.1, 0.15) is 4.21 Å². The highest BCUT2D eigenvalue weighted by Gasteiger charge is 2.39. The van der Waals surface area contributed by atoms with Gasteiger partial charge in [0.25, 0.3) is 0 Å². The first-order chi connectivity index (χ1) is 10.5. The fourth-order valence-corrected chi connectivity index (χ4v) is 5.54. The van der Waals surface area contributed by atoms with Crippen molar-refractivity contribution in [3.05, 3.63) is 17.0 Å². The van der Waals surface area contributed by atoms with Crippen LogP contribution in [0.2, 0.25) is 0 Å². The summed E-state index contributed by atoms with van der Waals surface area (Å²) in [6.07, 6.45) is 2.52. The second-order valence-electron chi connectivity index (χ2n) is 5.85. The number of aryl methyl sites for hydroxylation is 1. The van der Waals surface area contributed by atoms with Crippen LogP contribution in [0.1, 0.15) is 31.2 Å². The molecule has 2 N–H and O–H groups in total. The van der Waals surface area contributed by atoms with Crippen molar-refractivity contribution in [3.8, 4) is 0 Å². The van der Waals surface area contributed by atoms with Gasteiger partial charge in [0, 0.05) is 19.1 Å². The van der Waals surface area contributed by atoms with E-state index >= 15 is 0 Å². The van der Waals surface area contributed by atoms with Crippen molar-refractivity contribution in [3.63, 3.8) is 0 Å². The number of thiophene rings is 1. The minimum absolute atomic E-state index is 0.0390. The molecular weight excluding hydrogens is 324 g/mol. The van der Waals surface area contributed by atoms with E-state index in [-0.39, 0.29) is 24.1 Å². The third kappa shape index (κ3) is 3.34. The summed E-state index contributed by atoms with van der Waals surface area (Å²) in [6.45, 7) is 2.53. The maximum absolute atomic E-state index is 12.5. The van der Waals surface area contributed by atoms with Gasteiger partial charge in [-0.25, -0.2) is 13.1 Å². The quantitative estimate of drug-likeness (QED) is 0.858. The zero-order chi connectivity index (χ0) is 15.7. The molecule has 8 heteroatoms. The minimum Gasteiger partial charge on any atom is -0.376 e. The molecule has 2 fully saturated rings. The third-order valence-corrected chi connectivity index (χ3v) is 7.13. The van der Waals surface area contributed by atoms with E-state index in [1.165, 1.54) is 11.3 Å². The van der Waals surface area contributed by atoms with Crippen molar-refractivity contribution in [2.24, 2.45) is 0 Å². The average molecular weight is 344 g/mol. The molecule has 0 aromatic carbocycles. The van der Waals surface area contributed by atoms with E-state index in [1.54, 1.807) is 6.07 Å². The number of hydrogen-bond donors (Lipinski definition) is 2. The maximum atomic E-state index is 12.5. The molecule has 122 valence electrons. The minimum atomic E-state index is -3.56. The van der Waals surface area contributed by atoms with Gasteiger partial charge >= 0.3 is 0 Å². The molecule has 1 aromatic rings. The number of hydrogen-bond acceptors (Lipinski definition) is 5. The van der Waals surface area contributed by atoms with Crippen LogP contribution in [0.25, 0.3) is 0 Å². The van der Waals surface area contributed by atoms with E-state index in [1.807, 2.05) is 12.3 Å². The zero-order valence-corrected chi connectivity index (χ0v) is 14.0. The predicted octanol–water partition coefficient (Wildman–Crippen LogP) is 1.16. The van der Waals surface area contributed by atoms with Gasteiger partial charge in [0.2, 0.25) is 15.9 Å². The molecule has 22 heavy (non-hydrogen) atoms. The molecule has 3 atom stereocenters. The largest absolute Gasteiger partial charge is 0.376 e. The molecule has 6 nitrogen and oxygen atoms in total. The smallest absolute Gasteiger partial charge is 0.250 e. The van der Waals surface area contributed by atoms with Crippen molar-refractivity contribution < 1.29 is 17.9 Å². The Kier molecular flexibility index (Phi) is 4.54. The Morgan fingerprint density at radius 3 is 2.86 bits per heavy atom. The highest BCUT2D eigenvalue weighted by molar-refractivity contribution is 7.91. The lowest BCUT2D eigenvalue weighted by atomic mass is 9.93.